The maximum Gasteiger partial charge on any atom is 0.302 e. The van der Waals surface area contributed by atoms with Gasteiger partial charge in [-0.3, -0.25) is 4.72 Å². The summed E-state index contributed by atoms with van der Waals surface area (Å²) in [6, 6.07) is 5.26. The van der Waals surface area contributed by atoms with Crippen LogP contribution in [0, 0.1) is 11.6 Å². The smallest absolute Gasteiger partial charge is 0.302 e. The molecule has 2 N–H and O–H groups in total. The van der Waals surface area contributed by atoms with Gasteiger partial charge in [0.2, 0.25) is 5.88 Å². The molecule has 0 amide bonds. The molecule has 13 heteroatoms. The predicted octanol–water partition coefficient (Wildman–Crippen LogP) is 2.04. The van der Waals surface area contributed by atoms with Crippen molar-refractivity contribution in [3.05, 3.63) is 41.5 Å². The molecule has 0 radical (unpaired) electrons. The van der Waals surface area contributed by atoms with Crippen molar-refractivity contribution in [2.75, 3.05) is 38.0 Å². The highest BCUT2D eigenvalue weighted by atomic mass is 35.5. The minimum Gasteiger partial charge on any atom is -0.481 e. The van der Waals surface area contributed by atoms with Crippen molar-refractivity contribution in [3.63, 3.8) is 0 Å². The number of rotatable bonds is 7. The fraction of sp³-hybridized carbons (Fsp3) is 0.375. The summed E-state index contributed by atoms with van der Waals surface area (Å²) in [5.74, 6) is -1.62. The molecule has 0 spiro atoms. The van der Waals surface area contributed by atoms with E-state index in [0.717, 1.165) is 17.8 Å². The summed E-state index contributed by atoms with van der Waals surface area (Å²) in [7, 11) is -2.39. The number of nitrogens with one attached hydrogen (secondary N) is 2. The van der Waals surface area contributed by atoms with Crippen LogP contribution >= 0.6 is 24.2 Å². The fourth-order valence-electron chi connectivity index (χ4n) is 2.51. The third-order valence-electron chi connectivity index (χ3n) is 3.93. The van der Waals surface area contributed by atoms with E-state index in [0.29, 0.717) is 26.2 Å². The van der Waals surface area contributed by atoms with E-state index in [9.17, 15) is 17.2 Å². The molecule has 0 bridgehead atoms. The van der Waals surface area contributed by atoms with Gasteiger partial charge in [-0.25, -0.2) is 13.8 Å². The molecule has 3 rings (SSSR count). The highest BCUT2D eigenvalue weighted by Gasteiger charge is 2.24. The van der Waals surface area contributed by atoms with Gasteiger partial charge in [-0.15, -0.1) is 12.4 Å². The Kier molecular flexibility index (Phi) is 8.40. The zero-order chi connectivity index (χ0) is 20.1. The van der Waals surface area contributed by atoms with E-state index >= 15 is 0 Å². The Morgan fingerprint density at radius 2 is 2.00 bits per heavy atom. The Morgan fingerprint density at radius 1 is 1.28 bits per heavy atom. The molecule has 160 valence electrons. The number of nitrogens with zero attached hydrogens (tertiary/aromatic N) is 3. The predicted molar refractivity (Wildman–Crippen MR) is 109 cm³/mol. The van der Waals surface area contributed by atoms with Crippen LogP contribution in [0.1, 0.15) is 5.56 Å². The summed E-state index contributed by atoms with van der Waals surface area (Å²) in [6.07, 6.45) is 0. The summed E-state index contributed by atoms with van der Waals surface area (Å²) in [5.41, 5.74) is 0.152. The van der Waals surface area contributed by atoms with Crippen LogP contribution in [0.5, 0.6) is 5.88 Å². The number of anilines is 1. The van der Waals surface area contributed by atoms with Gasteiger partial charge >= 0.3 is 10.2 Å². The highest BCUT2D eigenvalue weighted by molar-refractivity contribution is 7.98. The van der Waals surface area contributed by atoms with Crippen molar-refractivity contribution in [2.45, 2.75) is 10.9 Å². The second kappa shape index (κ2) is 10.3. The third kappa shape index (κ3) is 6.12. The topological polar surface area (TPSA) is 96.5 Å². The number of thioether (sulfide) groups is 1. The number of hydrogen-bond donors (Lipinski definition) is 2. The first-order valence-electron chi connectivity index (χ1n) is 8.36. The van der Waals surface area contributed by atoms with Crippen LogP contribution in [0.25, 0.3) is 0 Å². The van der Waals surface area contributed by atoms with Crippen LogP contribution in [0.4, 0.5) is 14.6 Å². The number of halogens is 3. The molecule has 1 aromatic carbocycles. The summed E-state index contributed by atoms with van der Waals surface area (Å²) >= 11 is 1.03. The van der Waals surface area contributed by atoms with Crippen molar-refractivity contribution in [2.24, 2.45) is 0 Å². The highest BCUT2D eigenvalue weighted by Crippen LogP contribution is 2.26. The zero-order valence-corrected chi connectivity index (χ0v) is 17.8. The maximum atomic E-state index is 13.8. The lowest BCUT2D eigenvalue weighted by Crippen LogP contribution is -2.48. The number of ether oxygens (including phenoxy) is 1. The number of piperazine rings is 1. The molecule has 2 heterocycles. The van der Waals surface area contributed by atoms with Crippen molar-refractivity contribution in [3.8, 4) is 5.88 Å². The second-order valence-corrected chi connectivity index (χ2v) is 8.45. The maximum absolute atomic E-state index is 13.8. The van der Waals surface area contributed by atoms with Crippen LogP contribution in [0.15, 0.2) is 29.4 Å². The Hall–Kier alpha value is -1.73. The molecule has 0 aliphatic carbocycles. The van der Waals surface area contributed by atoms with Gasteiger partial charge in [0.15, 0.2) is 16.8 Å². The van der Waals surface area contributed by atoms with E-state index in [-0.39, 0.29) is 40.6 Å². The number of hydrogen-bond acceptors (Lipinski definition) is 7. The standard InChI is InChI=1S/C16H19F2N5O3S2.ClH/c1-26-14-9-13(22-28(24,25)23-7-5-19-6-8-23)20-16(21-14)27-10-11-3-2-4-12(17)15(11)18;/h2-4,9,19H,5-8,10H2,1H3,(H,20,21,22);1H. The molecule has 29 heavy (non-hydrogen) atoms. The second-order valence-electron chi connectivity index (χ2n) is 5.84. The summed E-state index contributed by atoms with van der Waals surface area (Å²) < 4.78 is 61.0. The van der Waals surface area contributed by atoms with Gasteiger partial charge in [0.05, 0.1) is 7.11 Å². The van der Waals surface area contributed by atoms with Crippen molar-refractivity contribution >= 4 is 40.2 Å². The number of benzene rings is 1. The van der Waals surface area contributed by atoms with Crippen LogP contribution < -0.4 is 14.8 Å². The fourth-order valence-corrected chi connectivity index (χ4v) is 4.50. The zero-order valence-electron chi connectivity index (χ0n) is 15.4. The lowest BCUT2D eigenvalue weighted by atomic mass is 10.2. The van der Waals surface area contributed by atoms with Crippen molar-refractivity contribution in [1.82, 2.24) is 19.6 Å². The van der Waals surface area contributed by atoms with E-state index < -0.39 is 21.8 Å². The van der Waals surface area contributed by atoms with Crippen LogP contribution in [-0.2, 0) is 16.0 Å². The number of aromatic nitrogens is 2. The molecular formula is C16H20ClF2N5O3S2. The van der Waals surface area contributed by atoms with Gasteiger partial charge in [-0.05, 0) is 6.07 Å². The lowest BCUT2D eigenvalue weighted by molar-refractivity contribution is 0.362. The monoisotopic (exact) mass is 467 g/mol. The summed E-state index contributed by atoms with van der Waals surface area (Å²) in [4.78, 5) is 8.27. The first-order valence-corrected chi connectivity index (χ1v) is 10.8. The normalized spacial score (nSPS) is 14.9. The van der Waals surface area contributed by atoms with E-state index in [1.807, 2.05) is 0 Å². The molecule has 1 aromatic heterocycles. The SMILES string of the molecule is COc1cc(NS(=O)(=O)N2CCNCC2)nc(SCc2cccc(F)c2F)n1.Cl. The first-order chi connectivity index (χ1) is 13.4. The van der Waals surface area contributed by atoms with Gasteiger partial charge < -0.3 is 10.1 Å². The molecule has 0 atom stereocenters. The molecule has 2 aromatic rings. The Balaban J connectivity index is 0.00000300. The van der Waals surface area contributed by atoms with Crippen molar-refractivity contribution < 1.29 is 21.9 Å². The quantitative estimate of drug-likeness (QED) is 0.475. The molecule has 1 saturated heterocycles. The van der Waals surface area contributed by atoms with Crippen LogP contribution in [0.3, 0.4) is 0 Å². The molecule has 8 nitrogen and oxygen atoms in total. The van der Waals surface area contributed by atoms with E-state index in [4.69, 9.17) is 4.74 Å². The summed E-state index contributed by atoms with van der Waals surface area (Å²) in [6.45, 7) is 1.82. The molecular weight excluding hydrogens is 448 g/mol. The van der Waals surface area contributed by atoms with Gasteiger partial charge in [-0.1, -0.05) is 23.9 Å². The van der Waals surface area contributed by atoms with Gasteiger partial charge in [0.25, 0.3) is 0 Å². The average molecular weight is 468 g/mol. The molecule has 0 unspecified atom stereocenters. The minimum atomic E-state index is -3.78. The Bertz CT molecular complexity index is 946. The van der Waals surface area contributed by atoms with Crippen LogP contribution in [0.2, 0.25) is 0 Å². The summed E-state index contributed by atoms with van der Waals surface area (Å²) in [5, 5.41) is 3.25. The minimum absolute atomic E-state index is 0. The molecule has 1 fully saturated rings. The van der Waals surface area contributed by atoms with Crippen molar-refractivity contribution in [1.29, 1.82) is 0 Å². The lowest BCUT2D eigenvalue weighted by Gasteiger charge is -2.26. The van der Waals surface area contributed by atoms with E-state index in [1.165, 1.54) is 29.6 Å². The van der Waals surface area contributed by atoms with Gasteiger partial charge in [0, 0.05) is 43.6 Å². The van der Waals surface area contributed by atoms with E-state index in [1.54, 1.807) is 0 Å². The van der Waals surface area contributed by atoms with E-state index in [2.05, 4.69) is 20.0 Å². The largest absolute Gasteiger partial charge is 0.481 e. The average Bonchev–Trinajstić information content (AvgIpc) is 2.69. The molecule has 1 aliphatic heterocycles. The molecule has 0 saturated carbocycles. The third-order valence-corrected chi connectivity index (χ3v) is 6.34. The Morgan fingerprint density at radius 3 is 2.69 bits per heavy atom. The van der Waals surface area contributed by atoms with Crippen LogP contribution in [-0.4, -0.2) is 56.0 Å². The number of methoxy groups -OCH3 is 1. The Labute approximate surface area is 178 Å². The van der Waals surface area contributed by atoms with Gasteiger partial charge in [0.1, 0.15) is 5.82 Å². The first kappa shape index (κ1) is 23.5. The molecule has 1 aliphatic rings. The van der Waals surface area contributed by atoms with Gasteiger partial charge in [-0.2, -0.15) is 17.7 Å².